The molecule has 0 atom stereocenters. The summed E-state index contributed by atoms with van der Waals surface area (Å²) >= 11 is 5.85. The Hall–Kier alpha value is -1.35. The fourth-order valence-corrected chi connectivity index (χ4v) is 1.46. The zero-order chi connectivity index (χ0) is 10.1. The molecule has 0 amide bonds. The van der Waals surface area contributed by atoms with Gasteiger partial charge in [0.1, 0.15) is 5.69 Å². The molecule has 0 radical (unpaired) electrons. The van der Waals surface area contributed by atoms with Gasteiger partial charge in [-0.1, -0.05) is 11.6 Å². The zero-order valence-electron chi connectivity index (χ0n) is 7.91. The van der Waals surface area contributed by atoms with Gasteiger partial charge in [0.2, 0.25) is 5.88 Å². The molecule has 0 unspecified atom stereocenters. The van der Waals surface area contributed by atoms with Crippen molar-refractivity contribution >= 4 is 22.6 Å². The first-order valence-electron chi connectivity index (χ1n) is 4.18. The van der Waals surface area contributed by atoms with E-state index in [1.165, 1.54) is 0 Å². The maximum Gasteiger partial charge on any atom is 0.235 e. The summed E-state index contributed by atoms with van der Waals surface area (Å²) in [5.41, 5.74) is 2.34. The Morgan fingerprint density at radius 3 is 2.71 bits per heavy atom. The van der Waals surface area contributed by atoms with Crippen molar-refractivity contribution in [3.05, 3.63) is 28.9 Å². The van der Waals surface area contributed by atoms with Crippen LogP contribution in [0.1, 0.15) is 5.69 Å². The van der Waals surface area contributed by atoms with Gasteiger partial charge in [-0.15, -0.1) is 0 Å². The molecule has 0 saturated heterocycles. The van der Waals surface area contributed by atoms with Crippen LogP contribution in [0.5, 0.6) is 5.88 Å². The van der Waals surface area contributed by atoms with Crippen LogP contribution in [0.2, 0.25) is 5.02 Å². The van der Waals surface area contributed by atoms with E-state index < -0.39 is 0 Å². The molecule has 0 aliphatic rings. The molecular formula is C10H9ClN2O. The van der Waals surface area contributed by atoms with Crippen molar-refractivity contribution in [2.45, 2.75) is 6.92 Å². The smallest absolute Gasteiger partial charge is 0.235 e. The van der Waals surface area contributed by atoms with E-state index in [0.717, 1.165) is 16.7 Å². The molecule has 1 aromatic heterocycles. The highest BCUT2D eigenvalue weighted by atomic mass is 35.5. The Morgan fingerprint density at radius 2 is 2.00 bits per heavy atom. The number of hydrogen-bond donors (Lipinski definition) is 0. The topological polar surface area (TPSA) is 35.0 Å². The Morgan fingerprint density at radius 1 is 1.21 bits per heavy atom. The fraction of sp³-hybridized carbons (Fsp3) is 0.200. The first kappa shape index (κ1) is 9.21. The van der Waals surface area contributed by atoms with Gasteiger partial charge in [0.15, 0.2) is 0 Å². The van der Waals surface area contributed by atoms with E-state index in [-0.39, 0.29) is 0 Å². The summed E-state index contributed by atoms with van der Waals surface area (Å²) in [6, 6.07) is 5.40. The third-order valence-corrected chi connectivity index (χ3v) is 2.19. The predicted molar refractivity (Wildman–Crippen MR) is 55.8 cm³/mol. The molecule has 0 fully saturated rings. The molecule has 3 nitrogen and oxygen atoms in total. The molecule has 14 heavy (non-hydrogen) atoms. The molecule has 72 valence electrons. The normalized spacial score (nSPS) is 10.5. The first-order valence-corrected chi connectivity index (χ1v) is 4.56. The SMILES string of the molecule is COc1nc2ccc(Cl)cc2nc1C. The second-order valence-electron chi connectivity index (χ2n) is 2.95. The van der Waals surface area contributed by atoms with E-state index in [4.69, 9.17) is 16.3 Å². The highest BCUT2D eigenvalue weighted by molar-refractivity contribution is 6.31. The molecule has 0 aliphatic heterocycles. The third-order valence-electron chi connectivity index (χ3n) is 1.95. The van der Waals surface area contributed by atoms with Gasteiger partial charge in [-0.05, 0) is 25.1 Å². The number of nitrogens with zero attached hydrogens (tertiary/aromatic N) is 2. The standard InChI is InChI=1S/C10H9ClN2O/c1-6-10(14-2)13-8-4-3-7(11)5-9(8)12-6/h3-5H,1-2H3. The molecule has 0 bridgehead atoms. The van der Waals surface area contributed by atoms with Crippen LogP contribution in [0, 0.1) is 6.92 Å². The highest BCUT2D eigenvalue weighted by Gasteiger charge is 2.04. The lowest BCUT2D eigenvalue weighted by molar-refractivity contribution is 0.394. The maximum atomic E-state index is 5.85. The van der Waals surface area contributed by atoms with Crippen molar-refractivity contribution in [1.82, 2.24) is 9.97 Å². The predicted octanol–water partition coefficient (Wildman–Crippen LogP) is 2.60. The maximum absolute atomic E-state index is 5.85. The summed E-state index contributed by atoms with van der Waals surface area (Å²) in [5.74, 6) is 0.555. The number of ether oxygens (including phenoxy) is 1. The Balaban J connectivity index is 2.73. The second kappa shape index (κ2) is 3.42. The summed E-state index contributed by atoms with van der Waals surface area (Å²) in [6.07, 6.45) is 0. The molecule has 1 aromatic carbocycles. The number of aromatic nitrogens is 2. The van der Waals surface area contributed by atoms with Gasteiger partial charge in [0.05, 0.1) is 18.1 Å². The van der Waals surface area contributed by atoms with Crippen LogP contribution in [0.3, 0.4) is 0 Å². The van der Waals surface area contributed by atoms with Crippen LogP contribution in [-0.4, -0.2) is 17.1 Å². The molecule has 4 heteroatoms. The van der Waals surface area contributed by atoms with Gasteiger partial charge in [0.25, 0.3) is 0 Å². The Bertz CT molecular complexity index is 485. The highest BCUT2D eigenvalue weighted by Crippen LogP contribution is 2.20. The zero-order valence-corrected chi connectivity index (χ0v) is 8.67. The summed E-state index contributed by atoms with van der Waals surface area (Å²) in [6.45, 7) is 1.85. The number of halogens is 1. The van der Waals surface area contributed by atoms with E-state index in [1.54, 1.807) is 19.2 Å². The molecule has 2 rings (SSSR count). The van der Waals surface area contributed by atoms with Crippen molar-refractivity contribution in [2.75, 3.05) is 7.11 Å². The van der Waals surface area contributed by atoms with Crippen LogP contribution in [0.4, 0.5) is 0 Å². The summed E-state index contributed by atoms with van der Waals surface area (Å²) < 4.78 is 5.08. The first-order chi connectivity index (χ1) is 6.70. The largest absolute Gasteiger partial charge is 0.480 e. The van der Waals surface area contributed by atoms with Crippen molar-refractivity contribution in [2.24, 2.45) is 0 Å². The van der Waals surface area contributed by atoms with E-state index in [0.29, 0.717) is 10.9 Å². The third kappa shape index (κ3) is 1.51. The summed E-state index contributed by atoms with van der Waals surface area (Å²) in [7, 11) is 1.58. The lowest BCUT2D eigenvalue weighted by Crippen LogP contribution is -1.95. The minimum absolute atomic E-state index is 0.555. The number of aryl methyl sites for hydroxylation is 1. The van der Waals surface area contributed by atoms with Gasteiger partial charge in [-0.3, -0.25) is 0 Å². The van der Waals surface area contributed by atoms with E-state index in [9.17, 15) is 0 Å². The number of hydrogen-bond acceptors (Lipinski definition) is 3. The molecule has 0 saturated carbocycles. The Labute approximate surface area is 86.7 Å². The number of fused-ring (bicyclic) bond motifs is 1. The van der Waals surface area contributed by atoms with Crippen LogP contribution in [0.25, 0.3) is 11.0 Å². The molecule has 0 spiro atoms. The minimum atomic E-state index is 0.555. The molecule has 2 aromatic rings. The number of benzene rings is 1. The van der Waals surface area contributed by atoms with Crippen molar-refractivity contribution in [3.63, 3.8) is 0 Å². The number of rotatable bonds is 1. The van der Waals surface area contributed by atoms with Gasteiger partial charge in [-0.2, -0.15) is 0 Å². The second-order valence-corrected chi connectivity index (χ2v) is 3.39. The van der Waals surface area contributed by atoms with Crippen LogP contribution in [-0.2, 0) is 0 Å². The van der Waals surface area contributed by atoms with E-state index in [2.05, 4.69) is 9.97 Å². The number of methoxy groups -OCH3 is 1. The fourth-order valence-electron chi connectivity index (χ4n) is 1.29. The van der Waals surface area contributed by atoms with Gasteiger partial charge in [0, 0.05) is 5.02 Å². The lowest BCUT2D eigenvalue weighted by Gasteiger charge is -2.04. The van der Waals surface area contributed by atoms with Crippen LogP contribution in [0.15, 0.2) is 18.2 Å². The van der Waals surface area contributed by atoms with Crippen molar-refractivity contribution < 1.29 is 4.74 Å². The van der Waals surface area contributed by atoms with Crippen LogP contribution >= 0.6 is 11.6 Å². The van der Waals surface area contributed by atoms with Crippen LogP contribution < -0.4 is 4.74 Å². The summed E-state index contributed by atoms with van der Waals surface area (Å²) in [4.78, 5) is 8.63. The van der Waals surface area contributed by atoms with E-state index in [1.807, 2.05) is 13.0 Å². The monoisotopic (exact) mass is 208 g/mol. The minimum Gasteiger partial charge on any atom is -0.480 e. The Kier molecular flexibility index (Phi) is 2.25. The van der Waals surface area contributed by atoms with E-state index >= 15 is 0 Å². The lowest BCUT2D eigenvalue weighted by atomic mass is 10.3. The van der Waals surface area contributed by atoms with Gasteiger partial charge >= 0.3 is 0 Å². The molecule has 1 heterocycles. The average molecular weight is 209 g/mol. The van der Waals surface area contributed by atoms with Gasteiger partial charge < -0.3 is 4.74 Å². The quantitative estimate of drug-likeness (QED) is 0.723. The molecule has 0 aliphatic carbocycles. The average Bonchev–Trinajstić information content (AvgIpc) is 2.16. The van der Waals surface area contributed by atoms with Gasteiger partial charge in [-0.25, -0.2) is 9.97 Å². The molecule has 0 N–H and O–H groups in total. The molecular weight excluding hydrogens is 200 g/mol. The van der Waals surface area contributed by atoms with Crippen molar-refractivity contribution in [1.29, 1.82) is 0 Å². The van der Waals surface area contributed by atoms with Crippen molar-refractivity contribution in [3.8, 4) is 5.88 Å². The summed E-state index contributed by atoms with van der Waals surface area (Å²) in [5, 5.41) is 0.663.